The molecule has 3 nitrogen and oxygen atoms in total. The normalized spacial score (nSPS) is 21.9. The Morgan fingerprint density at radius 3 is 2.43 bits per heavy atom. The first kappa shape index (κ1) is 15.7. The van der Waals surface area contributed by atoms with Crippen LogP contribution in [-0.4, -0.2) is 18.1 Å². The highest BCUT2D eigenvalue weighted by atomic mass is 19.3. The lowest BCUT2D eigenvalue weighted by Gasteiger charge is -2.31. The fraction of sp³-hybridized carbons (Fsp3) is 0.562. The van der Waals surface area contributed by atoms with Crippen molar-refractivity contribution in [1.82, 2.24) is 5.32 Å². The van der Waals surface area contributed by atoms with Crippen molar-refractivity contribution in [3.05, 3.63) is 29.8 Å². The van der Waals surface area contributed by atoms with Crippen LogP contribution in [0.3, 0.4) is 0 Å². The minimum Gasteiger partial charge on any atom is -0.435 e. The Bertz CT molecular complexity index is 488. The van der Waals surface area contributed by atoms with Gasteiger partial charge in [-0.05, 0) is 42.9 Å². The molecule has 1 atom stereocenters. The number of carbonyl (C=O) groups is 1. The van der Waals surface area contributed by atoms with E-state index in [9.17, 15) is 13.6 Å². The maximum Gasteiger partial charge on any atom is 0.387 e. The maximum absolute atomic E-state index is 12.1. The number of halogens is 2. The molecule has 5 heteroatoms. The van der Waals surface area contributed by atoms with Crippen LogP contribution in [-0.2, 0) is 11.2 Å². The molecule has 1 amide bonds. The molecule has 1 heterocycles. The summed E-state index contributed by atoms with van der Waals surface area (Å²) in [7, 11) is 0. The van der Waals surface area contributed by atoms with E-state index in [1.54, 1.807) is 24.3 Å². The van der Waals surface area contributed by atoms with E-state index in [0.29, 0.717) is 18.8 Å². The third-order valence-corrected chi connectivity index (χ3v) is 3.73. The van der Waals surface area contributed by atoms with Crippen molar-refractivity contribution in [1.29, 1.82) is 0 Å². The van der Waals surface area contributed by atoms with Crippen molar-refractivity contribution < 1.29 is 18.3 Å². The summed E-state index contributed by atoms with van der Waals surface area (Å²) in [6.07, 6.45) is 3.00. The molecule has 0 radical (unpaired) electrons. The summed E-state index contributed by atoms with van der Waals surface area (Å²) < 4.78 is 28.6. The predicted octanol–water partition coefficient (Wildman–Crippen LogP) is 3.53. The minimum absolute atomic E-state index is 0.0910. The second kappa shape index (κ2) is 6.41. The first-order chi connectivity index (χ1) is 9.88. The summed E-state index contributed by atoms with van der Waals surface area (Å²) in [5, 5.41) is 3.10. The second-order valence-corrected chi connectivity index (χ2v) is 6.13. The van der Waals surface area contributed by atoms with Crippen LogP contribution in [0.15, 0.2) is 24.3 Å². The molecule has 2 rings (SSSR count). The van der Waals surface area contributed by atoms with E-state index >= 15 is 0 Å². The number of carbonyl (C=O) groups excluding carboxylic acids is 1. The Labute approximate surface area is 123 Å². The van der Waals surface area contributed by atoms with Gasteiger partial charge in [0, 0.05) is 12.0 Å². The van der Waals surface area contributed by atoms with Crippen LogP contribution in [0.1, 0.15) is 38.7 Å². The lowest BCUT2D eigenvalue weighted by molar-refractivity contribution is -0.119. The summed E-state index contributed by atoms with van der Waals surface area (Å²) in [6, 6.07) is 6.65. The van der Waals surface area contributed by atoms with Gasteiger partial charge in [-0.25, -0.2) is 0 Å². The van der Waals surface area contributed by atoms with E-state index < -0.39 is 6.61 Å². The van der Waals surface area contributed by atoms with Crippen molar-refractivity contribution >= 4 is 5.91 Å². The topological polar surface area (TPSA) is 38.3 Å². The van der Waals surface area contributed by atoms with Crippen LogP contribution in [0.5, 0.6) is 5.75 Å². The molecule has 116 valence electrons. The summed E-state index contributed by atoms with van der Waals surface area (Å²) in [6.45, 7) is 1.45. The molecule has 1 aromatic carbocycles. The van der Waals surface area contributed by atoms with E-state index in [-0.39, 0.29) is 17.2 Å². The van der Waals surface area contributed by atoms with Gasteiger partial charge in [0.25, 0.3) is 0 Å². The maximum atomic E-state index is 12.1. The van der Waals surface area contributed by atoms with E-state index in [1.807, 2.05) is 0 Å². The van der Waals surface area contributed by atoms with Gasteiger partial charge in [0.15, 0.2) is 0 Å². The molecule has 1 fully saturated rings. The highest BCUT2D eigenvalue weighted by molar-refractivity contribution is 5.79. The van der Waals surface area contributed by atoms with Crippen molar-refractivity contribution in [2.45, 2.75) is 51.7 Å². The number of amides is 1. The zero-order chi connectivity index (χ0) is 15.5. The van der Waals surface area contributed by atoms with Crippen molar-refractivity contribution in [3.63, 3.8) is 0 Å². The molecule has 0 spiro atoms. The molecule has 1 aliphatic heterocycles. The SMILES string of the molecule is CC(C)CC1(Cc2ccc(OC(F)F)cc2)CCC(=O)N1. The number of benzene rings is 1. The Balaban J connectivity index is 2.08. The van der Waals surface area contributed by atoms with Crippen LogP contribution in [0.4, 0.5) is 8.78 Å². The fourth-order valence-corrected chi connectivity index (χ4v) is 3.09. The summed E-state index contributed by atoms with van der Waals surface area (Å²) in [5.41, 5.74) is 0.801. The summed E-state index contributed by atoms with van der Waals surface area (Å²) in [5.74, 6) is 0.722. The van der Waals surface area contributed by atoms with Crippen LogP contribution >= 0.6 is 0 Å². The molecule has 21 heavy (non-hydrogen) atoms. The van der Waals surface area contributed by atoms with Gasteiger partial charge in [-0.3, -0.25) is 4.79 Å². The molecule has 1 unspecified atom stereocenters. The van der Waals surface area contributed by atoms with Gasteiger partial charge < -0.3 is 10.1 Å². The van der Waals surface area contributed by atoms with Crippen molar-refractivity contribution in [3.8, 4) is 5.75 Å². The molecular weight excluding hydrogens is 276 g/mol. The lowest BCUT2D eigenvalue weighted by atomic mass is 9.82. The number of hydrogen-bond donors (Lipinski definition) is 1. The Kier molecular flexibility index (Phi) is 4.80. The molecule has 1 saturated heterocycles. The van der Waals surface area contributed by atoms with Crippen LogP contribution in [0.25, 0.3) is 0 Å². The smallest absolute Gasteiger partial charge is 0.387 e. The van der Waals surface area contributed by atoms with Crippen LogP contribution in [0, 0.1) is 5.92 Å². The van der Waals surface area contributed by atoms with Gasteiger partial charge in [-0.1, -0.05) is 26.0 Å². The molecule has 0 aromatic heterocycles. The quantitative estimate of drug-likeness (QED) is 0.872. The van der Waals surface area contributed by atoms with Gasteiger partial charge >= 0.3 is 6.61 Å². The van der Waals surface area contributed by atoms with Crippen LogP contribution in [0.2, 0.25) is 0 Å². The molecule has 1 N–H and O–H groups in total. The van der Waals surface area contributed by atoms with E-state index in [0.717, 1.165) is 18.4 Å². The van der Waals surface area contributed by atoms with Gasteiger partial charge in [0.2, 0.25) is 5.91 Å². The first-order valence-corrected chi connectivity index (χ1v) is 7.23. The average molecular weight is 297 g/mol. The molecule has 1 aromatic rings. The highest BCUT2D eigenvalue weighted by Crippen LogP contribution is 2.31. The van der Waals surface area contributed by atoms with Crippen molar-refractivity contribution in [2.24, 2.45) is 5.92 Å². The van der Waals surface area contributed by atoms with Gasteiger partial charge in [0.1, 0.15) is 5.75 Å². The minimum atomic E-state index is -2.81. The third-order valence-electron chi connectivity index (χ3n) is 3.73. The number of hydrogen-bond acceptors (Lipinski definition) is 2. The van der Waals surface area contributed by atoms with Gasteiger partial charge in [0.05, 0.1) is 0 Å². The largest absolute Gasteiger partial charge is 0.435 e. The van der Waals surface area contributed by atoms with E-state index in [4.69, 9.17) is 0 Å². The molecule has 1 aliphatic rings. The van der Waals surface area contributed by atoms with Gasteiger partial charge in [-0.15, -0.1) is 0 Å². The molecule has 0 saturated carbocycles. The number of rotatable bonds is 6. The molecular formula is C16H21F2NO2. The average Bonchev–Trinajstić information content (AvgIpc) is 2.71. The molecule has 0 aliphatic carbocycles. The first-order valence-electron chi connectivity index (χ1n) is 7.23. The number of ether oxygens (including phenoxy) is 1. The van der Waals surface area contributed by atoms with E-state index in [2.05, 4.69) is 23.9 Å². The van der Waals surface area contributed by atoms with Crippen molar-refractivity contribution in [2.75, 3.05) is 0 Å². The molecule has 0 bridgehead atoms. The highest BCUT2D eigenvalue weighted by Gasteiger charge is 2.37. The summed E-state index contributed by atoms with van der Waals surface area (Å²) >= 11 is 0. The number of nitrogens with one attached hydrogen (secondary N) is 1. The second-order valence-electron chi connectivity index (χ2n) is 6.13. The Hall–Kier alpha value is -1.65. The zero-order valence-corrected chi connectivity index (χ0v) is 12.4. The third kappa shape index (κ3) is 4.41. The Morgan fingerprint density at radius 2 is 1.95 bits per heavy atom. The zero-order valence-electron chi connectivity index (χ0n) is 12.4. The van der Waals surface area contributed by atoms with Crippen LogP contribution < -0.4 is 10.1 Å². The van der Waals surface area contributed by atoms with Gasteiger partial charge in [-0.2, -0.15) is 8.78 Å². The summed E-state index contributed by atoms with van der Waals surface area (Å²) in [4.78, 5) is 11.6. The number of alkyl halides is 2. The fourth-order valence-electron chi connectivity index (χ4n) is 3.09. The lowest BCUT2D eigenvalue weighted by Crippen LogP contribution is -2.44. The predicted molar refractivity (Wildman–Crippen MR) is 76.3 cm³/mol. The van der Waals surface area contributed by atoms with E-state index in [1.165, 1.54) is 0 Å². The monoisotopic (exact) mass is 297 g/mol. The standard InChI is InChI=1S/C16H21F2NO2/c1-11(2)9-16(8-7-14(20)19-16)10-12-3-5-13(6-4-12)21-15(17)18/h3-6,11,15H,7-10H2,1-2H3,(H,19,20). The Morgan fingerprint density at radius 1 is 1.29 bits per heavy atom.